The minimum atomic E-state index is -0.677. The van der Waals surface area contributed by atoms with Gasteiger partial charge in [-0.2, -0.15) is 0 Å². The van der Waals surface area contributed by atoms with E-state index in [0.717, 1.165) is 37.6 Å². The second-order valence-corrected chi connectivity index (χ2v) is 7.12. The van der Waals surface area contributed by atoms with Crippen LogP contribution in [0.5, 0.6) is 0 Å². The first-order valence-electron chi connectivity index (χ1n) is 9.04. The summed E-state index contributed by atoms with van der Waals surface area (Å²) in [6, 6.07) is 7.36. The van der Waals surface area contributed by atoms with Gasteiger partial charge >= 0.3 is 0 Å². The van der Waals surface area contributed by atoms with Crippen molar-refractivity contribution >= 4 is 41.5 Å². The van der Waals surface area contributed by atoms with Gasteiger partial charge < -0.3 is 20.5 Å². The average Bonchev–Trinajstić information content (AvgIpc) is 2.58. The van der Waals surface area contributed by atoms with E-state index in [4.69, 9.17) is 21.3 Å². The van der Waals surface area contributed by atoms with E-state index in [1.54, 1.807) is 13.2 Å². The Morgan fingerprint density at radius 2 is 2.08 bits per heavy atom. The van der Waals surface area contributed by atoms with Crippen LogP contribution in [-0.2, 0) is 4.74 Å². The number of methoxy groups -OCH3 is 1. The van der Waals surface area contributed by atoms with E-state index >= 15 is 0 Å². The van der Waals surface area contributed by atoms with Crippen molar-refractivity contribution in [2.24, 2.45) is 10.4 Å². The molecule has 5 nitrogen and oxygen atoms in total. The lowest BCUT2D eigenvalue weighted by atomic mass is 9.67. The zero-order valence-corrected chi connectivity index (χ0v) is 18.7. The second kappa shape index (κ2) is 12.0. The lowest BCUT2D eigenvalue weighted by molar-refractivity contribution is 0.0778. The molecule has 26 heavy (non-hydrogen) atoms. The first-order valence-corrected chi connectivity index (χ1v) is 9.41. The number of benzene rings is 1. The maximum Gasteiger partial charge on any atom is 0.191 e. The van der Waals surface area contributed by atoms with Gasteiger partial charge in [-0.1, -0.05) is 36.2 Å². The third-order valence-electron chi connectivity index (χ3n) is 4.89. The van der Waals surface area contributed by atoms with Crippen molar-refractivity contribution < 1.29 is 9.84 Å². The van der Waals surface area contributed by atoms with E-state index in [1.165, 1.54) is 19.3 Å². The number of nitrogens with one attached hydrogen (secondary N) is 2. The first kappa shape index (κ1) is 23.5. The number of guanidine groups is 1. The molecular formula is C19H31ClIN3O2. The maximum atomic E-state index is 10.4. The van der Waals surface area contributed by atoms with Crippen LogP contribution in [0.15, 0.2) is 29.3 Å². The largest absolute Gasteiger partial charge is 0.387 e. The molecule has 1 unspecified atom stereocenters. The monoisotopic (exact) mass is 495 g/mol. The highest BCUT2D eigenvalue weighted by atomic mass is 127. The topological polar surface area (TPSA) is 65.9 Å². The summed E-state index contributed by atoms with van der Waals surface area (Å²) < 4.78 is 5.24. The number of nitrogens with zero attached hydrogens (tertiary/aromatic N) is 1. The van der Waals surface area contributed by atoms with Crippen LogP contribution >= 0.6 is 35.6 Å². The summed E-state index contributed by atoms with van der Waals surface area (Å²) in [4.78, 5) is 4.74. The molecule has 7 heteroatoms. The van der Waals surface area contributed by atoms with Gasteiger partial charge in [-0.3, -0.25) is 4.99 Å². The number of aliphatic hydroxyl groups excluding tert-OH is 1. The number of halogens is 2. The van der Waals surface area contributed by atoms with E-state index in [-0.39, 0.29) is 29.4 Å². The third kappa shape index (κ3) is 6.87. The van der Waals surface area contributed by atoms with Crippen molar-refractivity contribution in [3.8, 4) is 0 Å². The quantitative estimate of drug-likeness (QED) is 0.277. The van der Waals surface area contributed by atoms with Crippen molar-refractivity contribution in [1.29, 1.82) is 0 Å². The van der Waals surface area contributed by atoms with Gasteiger partial charge in [-0.15, -0.1) is 24.0 Å². The highest BCUT2D eigenvalue weighted by molar-refractivity contribution is 14.0. The molecule has 0 heterocycles. The van der Waals surface area contributed by atoms with Crippen molar-refractivity contribution in [1.82, 2.24) is 10.6 Å². The molecule has 0 radical (unpaired) electrons. The molecule has 2 rings (SSSR count). The molecule has 1 aliphatic carbocycles. The standard InChI is InChI=1S/C19H30ClN3O2.HI/c1-3-21-18(23-14-19(9-6-10-19)11-12-25-2)22-13-17(24)15-7-4-5-8-16(15)20;/h4-5,7-8,17,24H,3,6,9-14H2,1-2H3,(H2,21,22,23);1H. The van der Waals surface area contributed by atoms with Gasteiger partial charge in [0.1, 0.15) is 0 Å². The molecule has 0 aromatic heterocycles. The molecule has 1 aliphatic rings. The summed E-state index contributed by atoms with van der Waals surface area (Å²) in [7, 11) is 1.75. The highest BCUT2D eigenvalue weighted by Crippen LogP contribution is 2.44. The van der Waals surface area contributed by atoms with Crippen LogP contribution in [0.2, 0.25) is 5.02 Å². The van der Waals surface area contributed by atoms with E-state index in [9.17, 15) is 5.11 Å². The van der Waals surface area contributed by atoms with Gasteiger partial charge in [-0.05, 0) is 37.7 Å². The van der Waals surface area contributed by atoms with Crippen molar-refractivity contribution in [3.63, 3.8) is 0 Å². The molecule has 0 spiro atoms. The fourth-order valence-electron chi connectivity index (χ4n) is 3.12. The minimum Gasteiger partial charge on any atom is -0.387 e. The van der Waals surface area contributed by atoms with Crippen molar-refractivity contribution in [2.75, 3.05) is 33.4 Å². The van der Waals surface area contributed by atoms with Gasteiger partial charge in [0, 0.05) is 43.9 Å². The van der Waals surface area contributed by atoms with Crippen LogP contribution in [0.1, 0.15) is 44.3 Å². The Balaban J connectivity index is 0.00000338. The molecule has 0 amide bonds. The summed E-state index contributed by atoms with van der Waals surface area (Å²) >= 11 is 6.15. The number of aliphatic hydroxyl groups is 1. The molecule has 0 saturated heterocycles. The fourth-order valence-corrected chi connectivity index (χ4v) is 3.38. The zero-order valence-electron chi connectivity index (χ0n) is 15.6. The minimum absolute atomic E-state index is 0. The van der Waals surface area contributed by atoms with Crippen LogP contribution in [0.3, 0.4) is 0 Å². The second-order valence-electron chi connectivity index (χ2n) is 6.71. The Labute approximate surface area is 179 Å². The molecule has 1 aromatic carbocycles. The maximum absolute atomic E-state index is 10.4. The summed E-state index contributed by atoms with van der Waals surface area (Å²) in [5, 5.41) is 17.4. The lowest BCUT2D eigenvalue weighted by Crippen LogP contribution is -2.41. The molecule has 1 fully saturated rings. The SMILES string of the molecule is CCNC(=NCC1(CCOC)CCC1)NCC(O)c1ccccc1Cl.I. The lowest BCUT2D eigenvalue weighted by Gasteiger charge is -2.40. The van der Waals surface area contributed by atoms with Gasteiger partial charge in [0.2, 0.25) is 0 Å². The van der Waals surface area contributed by atoms with Gasteiger partial charge in [0.15, 0.2) is 5.96 Å². The normalized spacial score (nSPS) is 17.0. The van der Waals surface area contributed by atoms with E-state index < -0.39 is 6.10 Å². The van der Waals surface area contributed by atoms with Gasteiger partial charge in [0.25, 0.3) is 0 Å². The molecule has 3 N–H and O–H groups in total. The number of hydrogen-bond acceptors (Lipinski definition) is 3. The Hall–Kier alpha value is -0.570. The van der Waals surface area contributed by atoms with Crippen LogP contribution in [0.25, 0.3) is 0 Å². The fraction of sp³-hybridized carbons (Fsp3) is 0.632. The Morgan fingerprint density at radius 3 is 2.65 bits per heavy atom. The molecule has 0 aliphatic heterocycles. The van der Waals surface area contributed by atoms with Crippen molar-refractivity contribution in [2.45, 2.75) is 38.7 Å². The number of hydrogen-bond donors (Lipinski definition) is 3. The molecular weight excluding hydrogens is 465 g/mol. The predicted molar refractivity (Wildman–Crippen MR) is 119 cm³/mol. The third-order valence-corrected chi connectivity index (χ3v) is 5.24. The smallest absolute Gasteiger partial charge is 0.191 e. The summed E-state index contributed by atoms with van der Waals surface area (Å²) in [6.45, 7) is 4.74. The first-order chi connectivity index (χ1) is 12.1. The molecule has 0 bridgehead atoms. The summed E-state index contributed by atoms with van der Waals surface area (Å²) in [5.41, 5.74) is 1.00. The molecule has 1 aromatic rings. The number of rotatable bonds is 9. The van der Waals surface area contributed by atoms with E-state index in [0.29, 0.717) is 11.6 Å². The predicted octanol–water partition coefficient (Wildman–Crippen LogP) is 3.75. The number of aliphatic imine (C=N–C) groups is 1. The Morgan fingerprint density at radius 1 is 1.35 bits per heavy atom. The Bertz CT molecular complexity index is 567. The van der Waals surface area contributed by atoms with Gasteiger partial charge in [0.05, 0.1) is 6.10 Å². The zero-order chi connectivity index (χ0) is 18.1. The average molecular weight is 496 g/mol. The van der Waals surface area contributed by atoms with Crippen LogP contribution in [0.4, 0.5) is 0 Å². The summed E-state index contributed by atoms with van der Waals surface area (Å²) in [6.07, 6.45) is 4.07. The van der Waals surface area contributed by atoms with Gasteiger partial charge in [-0.25, -0.2) is 0 Å². The summed E-state index contributed by atoms with van der Waals surface area (Å²) in [5.74, 6) is 0.734. The molecule has 148 valence electrons. The Kier molecular flexibility index (Phi) is 10.8. The number of ether oxygens (including phenoxy) is 1. The molecule has 1 saturated carbocycles. The van der Waals surface area contributed by atoms with Crippen LogP contribution in [0, 0.1) is 5.41 Å². The highest BCUT2D eigenvalue weighted by Gasteiger charge is 2.36. The molecule has 1 atom stereocenters. The van der Waals surface area contributed by atoms with Crippen LogP contribution in [-0.4, -0.2) is 44.4 Å². The van der Waals surface area contributed by atoms with Crippen LogP contribution < -0.4 is 10.6 Å². The van der Waals surface area contributed by atoms with E-state index in [2.05, 4.69) is 10.6 Å². The van der Waals surface area contributed by atoms with Crippen molar-refractivity contribution in [3.05, 3.63) is 34.9 Å². The van der Waals surface area contributed by atoms with E-state index in [1.807, 2.05) is 25.1 Å².